The Balaban J connectivity index is 1.60. The number of hydrogen-bond acceptors (Lipinski definition) is 8. The molecule has 0 aromatic heterocycles. The van der Waals surface area contributed by atoms with Crippen molar-refractivity contribution in [2.45, 2.75) is 18.9 Å². The summed E-state index contributed by atoms with van der Waals surface area (Å²) in [5.41, 5.74) is 2.72. The van der Waals surface area contributed by atoms with Gasteiger partial charge in [-0.2, -0.15) is 5.10 Å². The summed E-state index contributed by atoms with van der Waals surface area (Å²) in [6.07, 6.45) is 1.63. The van der Waals surface area contributed by atoms with Gasteiger partial charge >= 0.3 is 5.97 Å². The van der Waals surface area contributed by atoms with Crippen molar-refractivity contribution in [3.8, 4) is 5.75 Å². The van der Waals surface area contributed by atoms with Gasteiger partial charge in [0, 0.05) is 12.1 Å². The van der Waals surface area contributed by atoms with Crippen molar-refractivity contribution in [3.63, 3.8) is 0 Å². The number of para-hydroxylation sites is 1. The number of nitrogens with two attached hydrogens (primary N) is 2. The minimum Gasteiger partial charge on any atom is -0.426 e. The molecule has 3 aromatic carbocycles. The predicted octanol–water partition coefficient (Wildman–Crippen LogP) is 2.28. The molecule has 182 valence electrons. The molecule has 4 rings (SSSR count). The molecule has 1 heterocycles. The number of fused-ring (bicyclic) bond motifs is 1. The maximum Gasteiger partial charge on any atom is 0.313 e. The number of anilines is 1. The number of benzene rings is 3. The molecule has 0 radical (unpaired) electrons. The van der Waals surface area contributed by atoms with Crippen LogP contribution in [0.5, 0.6) is 5.75 Å². The first-order valence-electron chi connectivity index (χ1n) is 11.3. The van der Waals surface area contributed by atoms with Gasteiger partial charge < -0.3 is 15.5 Å². The fourth-order valence-electron chi connectivity index (χ4n) is 4.06. The predicted molar refractivity (Wildman–Crippen MR) is 136 cm³/mol. The van der Waals surface area contributed by atoms with Gasteiger partial charge in [-0.05, 0) is 53.9 Å². The minimum absolute atomic E-state index is 0.0787. The third-order valence-electron chi connectivity index (χ3n) is 5.85. The fourth-order valence-corrected chi connectivity index (χ4v) is 4.06. The van der Waals surface area contributed by atoms with E-state index in [4.69, 9.17) is 16.4 Å². The molecule has 36 heavy (non-hydrogen) atoms. The number of esters is 1. The zero-order valence-corrected chi connectivity index (χ0v) is 19.4. The van der Waals surface area contributed by atoms with Crippen molar-refractivity contribution in [3.05, 3.63) is 95.6 Å². The maximum absolute atomic E-state index is 13.7. The van der Waals surface area contributed by atoms with Gasteiger partial charge in [0.2, 0.25) is 0 Å². The fraction of sp³-hybridized carbons (Fsp3) is 0.148. The van der Waals surface area contributed by atoms with Crippen molar-refractivity contribution in [2.75, 3.05) is 11.6 Å². The Bertz CT molecular complexity index is 1320. The highest BCUT2D eigenvalue weighted by Gasteiger charge is 2.38. The number of ether oxygens (including phenoxy) is 1. The average Bonchev–Trinajstić information content (AvgIpc) is 2.98. The lowest BCUT2D eigenvalue weighted by atomic mass is 10.1. The first kappa shape index (κ1) is 24.4. The van der Waals surface area contributed by atoms with E-state index in [-0.39, 0.29) is 18.7 Å². The van der Waals surface area contributed by atoms with Crippen LogP contribution >= 0.6 is 0 Å². The summed E-state index contributed by atoms with van der Waals surface area (Å²) >= 11 is 0. The monoisotopic (exact) mass is 483 g/mol. The molecule has 9 nitrogen and oxygen atoms in total. The Kier molecular flexibility index (Phi) is 7.55. The van der Waals surface area contributed by atoms with Crippen molar-refractivity contribution in [1.29, 1.82) is 0 Å². The van der Waals surface area contributed by atoms with Gasteiger partial charge in [0.1, 0.15) is 17.5 Å². The van der Waals surface area contributed by atoms with E-state index in [1.54, 1.807) is 48.5 Å². The highest BCUT2D eigenvalue weighted by Crippen LogP contribution is 2.33. The largest absolute Gasteiger partial charge is 0.426 e. The van der Waals surface area contributed by atoms with Crippen molar-refractivity contribution in [2.24, 2.45) is 16.8 Å². The third-order valence-corrected chi connectivity index (χ3v) is 5.85. The lowest BCUT2D eigenvalue weighted by molar-refractivity contribution is -0.139. The second-order valence-electron chi connectivity index (χ2n) is 8.14. The Morgan fingerprint density at radius 2 is 1.72 bits per heavy atom. The smallest absolute Gasteiger partial charge is 0.313 e. The number of carbonyl (C=O) groups is 2. The first-order chi connectivity index (χ1) is 17.5. The van der Waals surface area contributed by atoms with E-state index < -0.39 is 17.9 Å². The van der Waals surface area contributed by atoms with Crippen molar-refractivity contribution in [1.82, 2.24) is 4.90 Å². The molecule has 9 heteroatoms. The van der Waals surface area contributed by atoms with Gasteiger partial charge in [0.25, 0.3) is 5.91 Å². The van der Waals surface area contributed by atoms with Crippen LogP contribution in [-0.4, -0.2) is 41.5 Å². The van der Waals surface area contributed by atoms with Crippen LogP contribution in [0.15, 0.2) is 84.0 Å². The zero-order chi connectivity index (χ0) is 25.5. The Labute approximate surface area is 208 Å². The molecule has 1 amide bonds. The van der Waals surface area contributed by atoms with E-state index in [1.807, 2.05) is 36.3 Å². The number of carbonyl (C=O) groups excluding carboxylic acids is 3. The summed E-state index contributed by atoms with van der Waals surface area (Å²) in [7, 11) is 0. The van der Waals surface area contributed by atoms with Crippen LogP contribution in [0.25, 0.3) is 5.70 Å². The molecule has 0 aliphatic carbocycles. The second-order valence-corrected chi connectivity index (χ2v) is 8.14. The molecule has 1 aliphatic rings. The number of rotatable bonds is 7. The summed E-state index contributed by atoms with van der Waals surface area (Å²) in [5.74, 6) is 12.6. The average molecular weight is 484 g/mol. The molecule has 0 fully saturated rings. The summed E-state index contributed by atoms with van der Waals surface area (Å²) in [4.78, 5) is 39.9. The normalized spacial score (nSPS) is 15.4. The van der Waals surface area contributed by atoms with E-state index in [0.717, 1.165) is 11.1 Å². The Hall–Kier alpha value is -4.72. The van der Waals surface area contributed by atoms with Gasteiger partial charge in [-0.25, -0.2) is 10.6 Å². The number of amides is 1. The molecule has 3 aromatic rings. The van der Waals surface area contributed by atoms with Crippen molar-refractivity contribution >= 4 is 35.4 Å². The highest BCUT2D eigenvalue weighted by molar-refractivity contribution is 6.05. The summed E-state index contributed by atoms with van der Waals surface area (Å²) in [5, 5.41) is 4.67. The van der Waals surface area contributed by atoms with Crippen LogP contribution in [0.4, 0.5) is 5.69 Å². The van der Waals surface area contributed by atoms with Crippen LogP contribution in [0.3, 0.4) is 0 Å². The number of hydrazine groups is 1. The van der Waals surface area contributed by atoms with Gasteiger partial charge in [-0.1, -0.05) is 42.5 Å². The zero-order valence-electron chi connectivity index (χ0n) is 19.4. The maximum atomic E-state index is 13.7. The molecule has 1 atom stereocenters. The molecule has 4 N–H and O–H groups in total. The van der Waals surface area contributed by atoms with E-state index >= 15 is 0 Å². The van der Waals surface area contributed by atoms with Crippen LogP contribution in [0.2, 0.25) is 0 Å². The quantitative estimate of drug-likeness (QED) is 0.132. The summed E-state index contributed by atoms with van der Waals surface area (Å²) < 4.78 is 5.44. The number of hydrogen-bond donors (Lipinski definition) is 2. The molecular weight excluding hydrogens is 458 g/mol. The van der Waals surface area contributed by atoms with E-state index in [9.17, 15) is 14.4 Å². The van der Waals surface area contributed by atoms with E-state index in [0.29, 0.717) is 23.4 Å². The van der Waals surface area contributed by atoms with Crippen LogP contribution in [0, 0.1) is 0 Å². The van der Waals surface area contributed by atoms with Gasteiger partial charge in [-0.3, -0.25) is 14.6 Å². The SMILES string of the molecule is NN=Cc1ccc(OC(=O)CC2C(=O)N(CCc3ccccc3)C(=C=O)c3ccccc3N2N)cc1. The first-order valence-corrected chi connectivity index (χ1v) is 11.3. The van der Waals surface area contributed by atoms with Crippen LogP contribution in [-0.2, 0) is 20.8 Å². The Morgan fingerprint density at radius 3 is 2.42 bits per heavy atom. The van der Waals surface area contributed by atoms with Gasteiger partial charge in [0.05, 0.1) is 18.3 Å². The topological polar surface area (TPSA) is 131 Å². The van der Waals surface area contributed by atoms with Crippen molar-refractivity contribution < 1.29 is 19.1 Å². The molecule has 1 unspecified atom stereocenters. The number of hydrazone groups is 1. The van der Waals surface area contributed by atoms with Gasteiger partial charge in [-0.15, -0.1) is 0 Å². The third kappa shape index (κ3) is 5.33. The molecule has 1 aliphatic heterocycles. The van der Waals surface area contributed by atoms with Crippen LogP contribution < -0.4 is 21.4 Å². The number of nitrogens with zero attached hydrogens (tertiary/aromatic N) is 3. The molecule has 0 bridgehead atoms. The lowest BCUT2D eigenvalue weighted by Gasteiger charge is -2.28. The van der Waals surface area contributed by atoms with E-state index in [2.05, 4.69) is 5.10 Å². The molecule has 0 spiro atoms. The highest BCUT2D eigenvalue weighted by atomic mass is 16.5. The lowest BCUT2D eigenvalue weighted by Crippen LogP contribution is -2.51. The Morgan fingerprint density at radius 1 is 1.03 bits per heavy atom. The van der Waals surface area contributed by atoms with Crippen LogP contribution in [0.1, 0.15) is 23.1 Å². The summed E-state index contributed by atoms with van der Waals surface area (Å²) in [6.45, 7) is 0.214. The molecule has 0 saturated heterocycles. The molecular formula is C27H25N5O4. The standard InChI is InChI=1S/C27H25N5O4/c28-30-17-20-10-12-21(13-11-20)36-26(34)16-24-27(35)31(15-14-19-6-2-1-3-7-19)25(18-33)22-8-4-5-9-23(22)32(24)29/h1-13,17,24H,14-16,28-29H2. The van der Waals surface area contributed by atoms with E-state index in [1.165, 1.54) is 16.1 Å². The second kappa shape index (κ2) is 11.1. The minimum atomic E-state index is -1.09. The van der Waals surface area contributed by atoms with Gasteiger partial charge in [0.15, 0.2) is 5.94 Å². The summed E-state index contributed by atoms with van der Waals surface area (Å²) in [6, 6.07) is 21.9. The molecule has 0 saturated carbocycles.